The number of imidazole rings is 1. The van der Waals surface area contributed by atoms with Crippen molar-refractivity contribution in [2.45, 2.75) is 29.4 Å². The predicted octanol–water partition coefficient (Wildman–Crippen LogP) is 2.97. The Morgan fingerprint density at radius 3 is 2.94 bits per heavy atom. The molecule has 0 aliphatic rings. The second kappa shape index (κ2) is 5.18. The second-order valence-corrected chi connectivity index (χ2v) is 4.58. The smallest absolute Gasteiger partial charge is 0.170 e. The van der Waals surface area contributed by atoms with E-state index in [1.54, 1.807) is 18.0 Å². The van der Waals surface area contributed by atoms with Crippen LogP contribution in [0.4, 0.5) is 0 Å². The van der Waals surface area contributed by atoms with E-state index in [1.165, 1.54) is 10.5 Å². The van der Waals surface area contributed by atoms with Crippen LogP contribution in [0.25, 0.3) is 0 Å². The molecular weight excluding hydrogens is 218 g/mol. The number of hydrogen-bond acceptors (Lipinski definition) is 3. The minimum atomic E-state index is 0.0960. The molecule has 84 valence electrons. The van der Waals surface area contributed by atoms with Crippen molar-refractivity contribution < 1.29 is 0 Å². The zero-order valence-electron chi connectivity index (χ0n) is 9.18. The molecule has 2 aromatic rings. The van der Waals surface area contributed by atoms with Crippen LogP contribution in [0.1, 0.15) is 24.9 Å². The standard InChI is InChI=1S/C12H15N3S/c1-2-10(13)9-5-3-4-6-11(9)16-12-14-7-8-15-12/h3-8,10H,2,13H2,1H3,(H,14,15)/t10-/m1/s1. The lowest BCUT2D eigenvalue weighted by molar-refractivity contribution is 0.685. The third-order valence-corrected chi connectivity index (χ3v) is 3.45. The van der Waals surface area contributed by atoms with Crippen LogP contribution in [-0.2, 0) is 0 Å². The first-order valence-corrected chi connectivity index (χ1v) is 6.14. The van der Waals surface area contributed by atoms with Crippen molar-refractivity contribution in [1.29, 1.82) is 0 Å². The fourth-order valence-electron chi connectivity index (χ4n) is 1.51. The maximum absolute atomic E-state index is 6.08. The van der Waals surface area contributed by atoms with Crippen LogP contribution in [0.15, 0.2) is 46.7 Å². The zero-order valence-corrected chi connectivity index (χ0v) is 10.00. The zero-order chi connectivity index (χ0) is 11.4. The lowest BCUT2D eigenvalue weighted by atomic mass is 10.1. The van der Waals surface area contributed by atoms with Gasteiger partial charge in [-0.25, -0.2) is 4.98 Å². The number of aromatic amines is 1. The van der Waals surface area contributed by atoms with E-state index in [1.807, 2.05) is 18.3 Å². The van der Waals surface area contributed by atoms with Gasteiger partial charge in [-0.2, -0.15) is 0 Å². The Balaban J connectivity index is 2.26. The molecule has 0 amide bonds. The highest BCUT2D eigenvalue weighted by Gasteiger charge is 2.10. The SMILES string of the molecule is CC[C@@H](N)c1ccccc1Sc1ncc[nH]1. The van der Waals surface area contributed by atoms with Crippen molar-refractivity contribution in [3.8, 4) is 0 Å². The molecule has 1 atom stereocenters. The Bertz CT molecular complexity index is 439. The van der Waals surface area contributed by atoms with Crippen molar-refractivity contribution >= 4 is 11.8 Å². The molecule has 0 saturated heterocycles. The largest absolute Gasteiger partial charge is 0.339 e. The Kier molecular flexibility index (Phi) is 3.64. The molecule has 1 aromatic carbocycles. The summed E-state index contributed by atoms with van der Waals surface area (Å²) in [5, 5.41) is 0.899. The average Bonchev–Trinajstić information content (AvgIpc) is 2.82. The molecule has 1 heterocycles. The molecule has 0 radical (unpaired) electrons. The molecule has 0 bridgehead atoms. The first kappa shape index (κ1) is 11.2. The van der Waals surface area contributed by atoms with Gasteiger partial charge in [0.2, 0.25) is 0 Å². The second-order valence-electron chi connectivity index (χ2n) is 3.55. The van der Waals surface area contributed by atoms with Crippen molar-refractivity contribution in [2.75, 3.05) is 0 Å². The first-order chi connectivity index (χ1) is 7.81. The van der Waals surface area contributed by atoms with Crippen LogP contribution in [0.3, 0.4) is 0 Å². The number of nitrogens with two attached hydrogens (primary N) is 1. The van der Waals surface area contributed by atoms with Crippen LogP contribution in [0.5, 0.6) is 0 Å². The summed E-state index contributed by atoms with van der Waals surface area (Å²) < 4.78 is 0. The molecule has 0 aliphatic carbocycles. The van der Waals surface area contributed by atoms with Gasteiger partial charge in [0, 0.05) is 23.3 Å². The molecule has 2 rings (SSSR count). The van der Waals surface area contributed by atoms with E-state index in [0.29, 0.717) is 0 Å². The van der Waals surface area contributed by atoms with Crippen molar-refractivity contribution in [3.05, 3.63) is 42.2 Å². The number of nitrogens with zero attached hydrogens (tertiary/aromatic N) is 1. The van der Waals surface area contributed by atoms with Gasteiger partial charge in [0.1, 0.15) is 0 Å². The monoisotopic (exact) mass is 233 g/mol. The summed E-state index contributed by atoms with van der Waals surface area (Å²) in [6.45, 7) is 2.10. The van der Waals surface area contributed by atoms with E-state index in [-0.39, 0.29) is 6.04 Å². The molecule has 3 N–H and O–H groups in total. The highest BCUT2D eigenvalue weighted by Crippen LogP contribution is 2.31. The van der Waals surface area contributed by atoms with Gasteiger partial charge in [-0.05, 0) is 18.1 Å². The molecule has 16 heavy (non-hydrogen) atoms. The molecule has 0 saturated carbocycles. The van der Waals surface area contributed by atoms with Crippen LogP contribution in [0, 0.1) is 0 Å². The minimum Gasteiger partial charge on any atom is -0.339 e. The summed E-state index contributed by atoms with van der Waals surface area (Å²) in [7, 11) is 0. The van der Waals surface area contributed by atoms with Gasteiger partial charge in [-0.3, -0.25) is 0 Å². The lowest BCUT2D eigenvalue weighted by Crippen LogP contribution is -2.09. The van der Waals surface area contributed by atoms with E-state index in [4.69, 9.17) is 5.73 Å². The molecule has 0 aliphatic heterocycles. The number of benzene rings is 1. The van der Waals surface area contributed by atoms with Gasteiger partial charge >= 0.3 is 0 Å². The van der Waals surface area contributed by atoms with Gasteiger partial charge in [-0.1, -0.05) is 36.9 Å². The van der Waals surface area contributed by atoms with Crippen molar-refractivity contribution in [2.24, 2.45) is 5.73 Å². The molecule has 3 nitrogen and oxygen atoms in total. The quantitative estimate of drug-likeness (QED) is 0.853. The van der Waals surface area contributed by atoms with E-state index >= 15 is 0 Å². The van der Waals surface area contributed by atoms with Crippen LogP contribution in [-0.4, -0.2) is 9.97 Å². The van der Waals surface area contributed by atoms with Crippen LogP contribution >= 0.6 is 11.8 Å². The maximum atomic E-state index is 6.08. The number of aromatic nitrogens is 2. The van der Waals surface area contributed by atoms with Gasteiger partial charge in [0.25, 0.3) is 0 Å². The van der Waals surface area contributed by atoms with E-state index in [9.17, 15) is 0 Å². The van der Waals surface area contributed by atoms with Crippen molar-refractivity contribution in [1.82, 2.24) is 9.97 Å². The number of nitrogens with one attached hydrogen (secondary N) is 1. The number of H-pyrrole nitrogens is 1. The normalized spacial score (nSPS) is 12.6. The van der Waals surface area contributed by atoms with Gasteiger partial charge in [-0.15, -0.1) is 0 Å². The third kappa shape index (κ3) is 2.46. The molecule has 4 heteroatoms. The predicted molar refractivity (Wildman–Crippen MR) is 66.4 cm³/mol. The van der Waals surface area contributed by atoms with E-state index < -0.39 is 0 Å². The molecule has 0 spiro atoms. The van der Waals surface area contributed by atoms with Crippen molar-refractivity contribution in [3.63, 3.8) is 0 Å². The summed E-state index contributed by atoms with van der Waals surface area (Å²) in [6, 6.07) is 8.31. The fraction of sp³-hybridized carbons (Fsp3) is 0.250. The molecule has 0 fully saturated rings. The van der Waals surface area contributed by atoms with Crippen LogP contribution in [0.2, 0.25) is 0 Å². The van der Waals surface area contributed by atoms with Gasteiger partial charge in [0.15, 0.2) is 5.16 Å². The molecule has 0 unspecified atom stereocenters. The number of rotatable bonds is 4. The Morgan fingerprint density at radius 2 is 2.25 bits per heavy atom. The van der Waals surface area contributed by atoms with Crippen LogP contribution < -0.4 is 5.73 Å². The minimum absolute atomic E-state index is 0.0960. The maximum Gasteiger partial charge on any atom is 0.170 e. The Hall–Kier alpha value is -1.26. The Morgan fingerprint density at radius 1 is 1.44 bits per heavy atom. The van der Waals surface area contributed by atoms with Gasteiger partial charge < -0.3 is 10.7 Å². The molecule has 1 aromatic heterocycles. The summed E-state index contributed by atoms with van der Waals surface area (Å²) in [4.78, 5) is 8.46. The number of hydrogen-bond donors (Lipinski definition) is 2. The lowest BCUT2D eigenvalue weighted by Gasteiger charge is -2.13. The van der Waals surface area contributed by atoms with Gasteiger partial charge in [0.05, 0.1) is 0 Å². The fourth-order valence-corrected chi connectivity index (χ4v) is 2.44. The summed E-state index contributed by atoms with van der Waals surface area (Å²) in [5.41, 5.74) is 7.27. The highest BCUT2D eigenvalue weighted by molar-refractivity contribution is 7.99. The summed E-state index contributed by atoms with van der Waals surface area (Å²) in [6.07, 6.45) is 4.52. The van der Waals surface area contributed by atoms with E-state index in [2.05, 4.69) is 29.0 Å². The first-order valence-electron chi connectivity index (χ1n) is 5.33. The summed E-state index contributed by atoms with van der Waals surface area (Å²) >= 11 is 1.62. The Labute approximate surface area is 99.5 Å². The summed E-state index contributed by atoms with van der Waals surface area (Å²) in [5.74, 6) is 0. The third-order valence-electron chi connectivity index (χ3n) is 2.44. The van der Waals surface area contributed by atoms with E-state index in [0.717, 1.165) is 11.6 Å². The molecular formula is C12H15N3S. The highest BCUT2D eigenvalue weighted by atomic mass is 32.2. The topological polar surface area (TPSA) is 54.7 Å². The average molecular weight is 233 g/mol.